The van der Waals surface area contributed by atoms with E-state index in [9.17, 15) is 20.2 Å². The summed E-state index contributed by atoms with van der Waals surface area (Å²) < 4.78 is 5.75. The van der Waals surface area contributed by atoms with Crippen molar-refractivity contribution in [3.05, 3.63) is 104 Å². The summed E-state index contributed by atoms with van der Waals surface area (Å²) in [5.74, 6) is 0.682. The fraction of sp³-hybridized carbons (Fsp3) is 0.100. The topological polar surface area (TPSA) is 108 Å². The Morgan fingerprint density at radius 3 is 2.00 bits per heavy atom. The first kappa shape index (κ1) is 18.8. The minimum absolute atomic E-state index is 0.0445. The van der Waals surface area contributed by atoms with Crippen LogP contribution in [-0.2, 0) is 13.2 Å². The van der Waals surface area contributed by atoms with E-state index in [1.807, 2.05) is 24.3 Å². The van der Waals surface area contributed by atoms with Gasteiger partial charge in [-0.3, -0.25) is 20.2 Å². The molecule has 0 radical (unpaired) electrons. The monoisotopic (exact) mass is 379 g/mol. The van der Waals surface area contributed by atoms with Crippen molar-refractivity contribution < 1.29 is 14.6 Å². The highest BCUT2D eigenvalue weighted by atomic mass is 16.6. The molecular formula is C20H17N3O5. The minimum atomic E-state index is -0.438. The average Bonchev–Trinajstić information content (AvgIpc) is 2.71. The number of hydrogen-bond acceptors (Lipinski definition) is 6. The zero-order valence-corrected chi connectivity index (χ0v) is 14.8. The first-order valence-corrected chi connectivity index (χ1v) is 8.45. The number of nitro groups is 2. The van der Waals surface area contributed by atoms with Crippen LogP contribution in [0.5, 0.6) is 5.75 Å². The highest BCUT2D eigenvalue weighted by molar-refractivity contribution is 5.49. The molecule has 28 heavy (non-hydrogen) atoms. The van der Waals surface area contributed by atoms with Gasteiger partial charge in [-0.15, -0.1) is 0 Å². The maximum absolute atomic E-state index is 10.7. The van der Waals surface area contributed by atoms with Gasteiger partial charge in [-0.1, -0.05) is 12.1 Å². The molecule has 0 aliphatic carbocycles. The molecule has 142 valence electrons. The van der Waals surface area contributed by atoms with Gasteiger partial charge in [0, 0.05) is 36.5 Å². The summed E-state index contributed by atoms with van der Waals surface area (Å²) >= 11 is 0. The van der Waals surface area contributed by atoms with E-state index in [0.717, 1.165) is 16.8 Å². The Hall–Kier alpha value is -3.94. The molecule has 3 aromatic carbocycles. The molecule has 8 nitrogen and oxygen atoms in total. The van der Waals surface area contributed by atoms with E-state index < -0.39 is 9.85 Å². The Morgan fingerprint density at radius 1 is 0.786 bits per heavy atom. The molecule has 0 aromatic heterocycles. The lowest BCUT2D eigenvalue weighted by molar-refractivity contribution is -0.385. The van der Waals surface area contributed by atoms with E-state index in [-0.39, 0.29) is 11.4 Å². The molecule has 0 saturated carbocycles. The summed E-state index contributed by atoms with van der Waals surface area (Å²) in [4.78, 5) is 20.5. The molecule has 0 aliphatic heterocycles. The van der Waals surface area contributed by atoms with Crippen molar-refractivity contribution in [1.29, 1.82) is 0 Å². The van der Waals surface area contributed by atoms with Gasteiger partial charge in [-0.2, -0.15) is 0 Å². The van der Waals surface area contributed by atoms with E-state index in [4.69, 9.17) is 4.74 Å². The van der Waals surface area contributed by atoms with Crippen LogP contribution in [0.4, 0.5) is 17.1 Å². The summed E-state index contributed by atoms with van der Waals surface area (Å²) in [6.45, 7) is 0.837. The van der Waals surface area contributed by atoms with Crippen molar-refractivity contribution in [2.45, 2.75) is 13.2 Å². The number of benzene rings is 3. The average molecular weight is 379 g/mol. The summed E-state index contributed by atoms with van der Waals surface area (Å²) in [7, 11) is 0. The van der Waals surface area contributed by atoms with Crippen molar-refractivity contribution in [2.75, 3.05) is 5.32 Å². The fourth-order valence-electron chi connectivity index (χ4n) is 2.53. The van der Waals surface area contributed by atoms with Crippen LogP contribution in [0.1, 0.15) is 11.1 Å². The molecular weight excluding hydrogens is 362 g/mol. The zero-order chi connectivity index (χ0) is 19.9. The zero-order valence-electron chi connectivity index (χ0n) is 14.8. The molecule has 8 heteroatoms. The molecule has 0 unspecified atom stereocenters. The maximum Gasteiger partial charge on any atom is 0.269 e. The van der Waals surface area contributed by atoms with E-state index in [2.05, 4.69) is 5.32 Å². The highest BCUT2D eigenvalue weighted by Crippen LogP contribution is 2.19. The predicted octanol–water partition coefficient (Wildman–Crippen LogP) is 4.69. The van der Waals surface area contributed by atoms with Gasteiger partial charge >= 0.3 is 0 Å². The number of nitro benzene ring substituents is 2. The molecule has 0 atom stereocenters. The van der Waals surface area contributed by atoms with Crippen LogP contribution < -0.4 is 10.1 Å². The van der Waals surface area contributed by atoms with Gasteiger partial charge in [0.15, 0.2) is 0 Å². The third kappa shape index (κ3) is 5.04. The molecule has 3 rings (SSSR count). The van der Waals surface area contributed by atoms with Crippen molar-refractivity contribution in [2.24, 2.45) is 0 Å². The van der Waals surface area contributed by atoms with Crippen LogP contribution in [-0.4, -0.2) is 9.85 Å². The standard InChI is InChI=1S/C20H17N3O5/c24-22(25)18-8-4-15(5-9-18)14-28-20-3-1-2-16(12-20)13-21-17-6-10-19(11-7-17)23(26)27/h1-12,21H,13-14H2. The molecule has 0 aliphatic rings. The van der Waals surface area contributed by atoms with Crippen molar-refractivity contribution >= 4 is 17.1 Å². The molecule has 0 fully saturated rings. The molecule has 3 aromatic rings. The van der Waals surface area contributed by atoms with E-state index in [1.54, 1.807) is 24.3 Å². The lowest BCUT2D eigenvalue weighted by Gasteiger charge is -2.10. The van der Waals surface area contributed by atoms with Gasteiger partial charge < -0.3 is 10.1 Å². The van der Waals surface area contributed by atoms with Crippen LogP contribution in [0.2, 0.25) is 0 Å². The predicted molar refractivity (Wildman–Crippen MR) is 104 cm³/mol. The molecule has 0 saturated heterocycles. The van der Waals surface area contributed by atoms with Gasteiger partial charge in [0.1, 0.15) is 12.4 Å². The van der Waals surface area contributed by atoms with E-state index in [1.165, 1.54) is 24.3 Å². The number of rotatable bonds is 8. The number of non-ortho nitro benzene ring substituents is 2. The molecule has 0 bridgehead atoms. The lowest BCUT2D eigenvalue weighted by atomic mass is 10.2. The van der Waals surface area contributed by atoms with Crippen LogP contribution in [0.3, 0.4) is 0 Å². The Kier molecular flexibility index (Phi) is 5.81. The largest absolute Gasteiger partial charge is 0.489 e. The fourth-order valence-corrected chi connectivity index (χ4v) is 2.53. The van der Waals surface area contributed by atoms with E-state index >= 15 is 0 Å². The number of ether oxygens (including phenoxy) is 1. The first-order chi connectivity index (χ1) is 13.5. The molecule has 0 heterocycles. The Bertz CT molecular complexity index is 895. The van der Waals surface area contributed by atoms with Crippen molar-refractivity contribution in [1.82, 2.24) is 0 Å². The smallest absolute Gasteiger partial charge is 0.269 e. The number of anilines is 1. The minimum Gasteiger partial charge on any atom is -0.489 e. The lowest BCUT2D eigenvalue weighted by Crippen LogP contribution is -2.01. The molecule has 0 amide bonds. The van der Waals surface area contributed by atoms with Crippen LogP contribution >= 0.6 is 0 Å². The summed E-state index contributed by atoms with van der Waals surface area (Å²) in [6.07, 6.45) is 0. The SMILES string of the molecule is O=[N+]([O-])c1ccc(COc2cccc(CNc3ccc([N+](=O)[O-])cc3)c2)cc1. The Balaban J connectivity index is 1.56. The summed E-state index contributed by atoms with van der Waals surface area (Å²) in [5.41, 5.74) is 2.69. The van der Waals surface area contributed by atoms with Gasteiger partial charge in [0.2, 0.25) is 0 Å². The third-order valence-corrected chi connectivity index (χ3v) is 4.03. The van der Waals surface area contributed by atoms with Crippen LogP contribution in [0.25, 0.3) is 0 Å². The summed E-state index contributed by atoms with van der Waals surface area (Å²) in [6, 6.07) is 20.0. The van der Waals surface area contributed by atoms with Crippen LogP contribution in [0.15, 0.2) is 72.8 Å². The van der Waals surface area contributed by atoms with Gasteiger partial charge in [-0.25, -0.2) is 0 Å². The second-order valence-corrected chi connectivity index (χ2v) is 6.02. The van der Waals surface area contributed by atoms with Crippen molar-refractivity contribution in [3.8, 4) is 5.75 Å². The Morgan fingerprint density at radius 2 is 1.39 bits per heavy atom. The summed E-state index contributed by atoms with van der Waals surface area (Å²) in [5, 5.41) is 24.6. The number of nitrogens with zero attached hydrogens (tertiary/aromatic N) is 2. The first-order valence-electron chi connectivity index (χ1n) is 8.45. The second kappa shape index (κ2) is 8.63. The van der Waals surface area contributed by atoms with E-state index in [0.29, 0.717) is 18.9 Å². The van der Waals surface area contributed by atoms with Gasteiger partial charge in [0.25, 0.3) is 11.4 Å². The van der Waals surface area contributed by atoms with Gasteiger partial charge in [-0.05, 0) is 47.5 Å². The quantitative estimate of drug-likeness (QED) is 0.449. The molecule has 1 N–H and O–H groups in total. The number of hydrogen-bond donors (Lipinski definition) is 1. The second-order valence-electron chi connectivity index (χ2n) is 6.02. The molecule has 0 spiro atoms. The van der Waals surface area contributed by atoms with Crippen molar-refractivity contribution in [3.63, 3.8) is 0 Å². The number of nitrogens with one attached hydrogen (secondary N) is 1. The highest BCUT2D eigenvalue weighted by Gasteiger charge is 2.06. The van der Waals surface area contributed by atoms with Crippen LogP contribution in [0, 0.1) is 20.2 Å². The third-order valence-electron chi connectivity index (χ3n) is 4.03. The Labute approximate surface area is 160 Å². The normalized spacial score (nSPS) is 10.3. The van der Waals surface area contributed by atoms with Gasteiger partial charge in [0.05, 0.1) is 9.85 Å². The maximum atomic E-state index is 10.7.